The number of hydrogen-bond donors (Lipinski definition) is 1. The lowest BCUT2D eigenvalue weighted by molar-refractivity contribution is -0.158. The maximum Gasteiger partial charge on any atom is 0.399 e. The van der Waals surface area contributed by atoms with Gasteiger partial charge in [-0.1, -0.05) is 12.2 Å². The molecule has 0 saturated heterocycles. The van der Waals surface area contributed by atoms with Crippen LogP contribution in [0, 0.1) is 5.92 Å². The number of thiocarbonyl (C=S) groups is 1. The van der Waals surface area contributed by atoms with Crippen molar-refractivity contribution in [3.8, 4) is 0 Å². The predicted molar refractivity (Wildman–Crippen MR) is 65.8 cm³/mol. The van der Waals surface area contributed by atoms with E-state index in [9.17, 15) is 18.0 Å². The fraction of sp³-hybridized carbons (Fsp3) is 0.700. The SMILES string of the molecule is NC(=S)C(Cn1nc2n(c1=O)CCCC2)C(F)(F)F. The summed E-state index contributed by atoms with van der Waals surface area (Å²) >= 11 is 4.42. The molecule has 9 heteroatoms. The quantitative estimate of drug-likeness (QED) is 0.839. The van der Waals surface area contributed by atoms with E-state index in [1.54, 1.807) is 0 Å². The molecule has 106 valence electrons. The standard InChI is InChI=1S/C10H13F3N4OS/c11-10(12,13)6(8(14)19)5-17-9(18)16-4-2-1-3-7(16)15-17/h6H,1-5H2,(H2,14,19). The lowest BCUT2D eigenvalue weighted by Gasteiger charge is -2.18. The molecule has 19 heavy (non-hydrogen) atoms. The monoisotopic (exact) mass is 294 g/mol. The number of fused-ring (bicyclic) bond motifs is 1. The molecule has 1 aliphatic heterocycles. The van der Waals surface area contributed by atoms with E-state index in [0.29, 0.717) is 18.8 Å². The van der Waals surface area contributed by atoms with Crippen molar-refractivity contribution in [3.63, 3.8) is 0 Å². The van der Waals surface area contributed by atoms with Gasteiger partial charge in [-0.2, -0.15) is 18.3 Å². The zero-order valence-corrected chi connectivity index (χ0v) is 10.8. The summed E-state index contributed by atoms with van der Waals surface area (Å²) in [5.41, 5.74) is 4.58. The smallest absolute Gasteiger partial charge is 0.393 e. The second-order valence-electron chi connectivity index (χ2n) is 4.49. The number of alkyl halides is 3. The molecule has 2 rings (SSSR count). The van der Waals surface area contributed by atoms with Crippen LogP contribution in [-0.2, 0) is 19.5 Å². The Bertz CT molecular complexity index is 548. The highest BCUT2D eigenvalue weighted by atomic mass is 32.1. The van der Waals surface area contributed by atoms with E-state index in [1.165, 1.54) is 4.57 Å². The number of rotatable bonds is 3. The van der Waals surface area contributed by atoms with Crippen LogP contribution in [0.25, 0.3) is 0 Å². The van der Waals surface area contributed by atoms with Crippen molar-refractivity contribution in [2.24, 2.45) is 11.7 Å². The summed E-state index contributed by atoms with van der Waals surface area (Å²) in [7, 11) is 0. The number of hydrogen-bond acceptors (Lipinski definition) is 3. The minimum Gasteiger partial charge on any atom is -0.393 e. The van der Waals surface area contributed by atoms with Gasteiger partial charge in [-0.15, -0.1) is 0 Å². The molecule has 1 atom stereocenters. The molecule has 1 unspecified atom stereocenters. The Balaban J connectivity index is 2.30. The summed E-state index contributed by atoms with van der Waals surface area (Å²) in [6.45, 7) is -0.157. The molecule has 0 radical (unpaired) electrons. The molecule has 1 aliphatic rings. The molecule has 0 spiro atoms. The second-order valence-corrected chi connectivity index (χ2v) is 4.96. The minimum absolute atomic E-state index is 0.498. The van der Waals surface area contributed by atoms with Crippen LogP contribution in [0.1, 0.15) is 18.7 Å². The van der Waals surface area contributed by atoms with Crippen molar-refractivity contribution in [2.75, 3.05) is 0 Å². The van der Waals surface area contributed by atoms with Gasteiger partial charge in [0.1, 0.15) is 11.7 Å². The summed E-state index contributed by atoms with van der Waals surface area (Å²) < 4.78 is 40.5. The van der Waals surface area contributed by atoms with Crippen molar-refractivity contribution in [3.05, 3.63) is 16.3 Å². The van der Waals surface area contributed by atoms with Gasteiger partial charge in [0.25, 0.3) is 0 Å². The Kier molecular flexibility index (Phi) is 3.66. The summed E-state index contributed by atoms with van der Waals surface area (Å²) in [6.07, 6.45) is -2.26. The zero-order valence-electron chi connectivity index (χ0n) is 9.98. The first-order valence-corrected chi connectivity index (χ1v) is 6.24. The maximum absolute atomic E-state index is 12.8. The Labute approximate surface area is 112 Å². The third kappa shape index (κ3) is 2.80. The van der Waals surface area contributed by atoms with Crippen LogP contribution >= 0.6 is 12.2 Å². The van der Waals surface area contributed by atoms with E-state index in [4.69, 9.17) is 5.73 Å². The van der Waals surface area contributed by atoms with Crippen molar-refractivity contribution >= 4 is 17.2 Å². The van der Waals surface area contributed by atoms with Crippen LogP contribution < -0.4 is 11.4 Å². The number of halogens is 3. The van der Waals surface area contributed by atoms with Gasteiger partial charge in [-0.05, 0) is 12.8 Å². The van der Waals surface area contributed by atoms with Gasteiger partial charge in [0.15, 0.2) is 0 Å². The van der Waals surface area contributed by atoms with Gasteiger partial charge in [-0.3, -0.25) is 4.57 Å². The van der Waals surface area contributed by atoms with Crippen molar-refractivity contribution in [1.82, 2.24) is 14.3 Å². The van der Waals surface area contributed by atoms with Gasteiger partial charge >= 0.3 is 11.9 Å². The molecular weight excluding hydrogens is 281 g/mol. The van der Waals surface area contributed by atoms with Crippen LogP contribution in [0.3, 0.4) is 0 Å². The molecule has 1 aromatic heterocycles. The number of nitrogens with zero attached hydrogens (tertiary/aromatic N) is 3. The summed E-state index contributed by atoms with van der Waals surface area (Å²) in [4.78, 5) is 11.2. The average Bonchev–Trinajstić information content (AvgIpc) is 2.62. The van der Waals surface area contributed by atoms with E-state index in [-0.39, 0.29) is 0 Å². The molecule has 5 nitrogen and oxygen atoms in total. The Hall–Kier alpha value is -1.38. The van der Waals surface area contributed by atoms with Crippen molar-refractivity contribution < 1.29 is 13.2 Å². The third-order valence-corrected chi connectivity index (χ3v) is 3.41. The lowest BCUT2D eigenvalue weighted by atomic mass is 10.1. The first-order valence-electron chi connectivity index (χ1n) is 5.83. The Morgan fingerprint density at radius 2 is 2.16 bits per heavy atom. The summed E-state index contributed by atoms with van der Waals surface area (Å²) in [6, 6.07) is 0. The van der Waals surface area contributed by atoms with Crippen LogP contribution in [0.4, 0.5) is 13.2 Å². The van der Waals surface area contributed by atoms with Gasteiger partial charge in [0, 0.05) is 13.0 Å². The molecule has 2 heterocycles. The molecule has 0 saturated carbocycles. The Morgan fingerprint density at radius 3 is 2.68 bits per heavy atom. The fourth-order valence-electron chi connectivity index (χ4n) is 2.10. The molecule has 0 fully saturated rings. The molecule has 0 amide bonds. The highest BCUT2D eigenvalue weighted by Gasteiger charge is 2.42. The molecule has 0 bridgehead atoms. The number of aryl methyl sites for hydroxylation is 1. The highest BCUT2D eigenvalue weighted by Crippen LogP contribution is 2.27. The maximum atomic E-state index is 12.8. The van der Waals surface area contributed by atoms with Crippen LogP contribution in [0.15, 0.2) is 4.79 Å². The Morgan fingerprint density at radius 1 is 1.47 bits per heavy atom. The highest BCUT2D eigenvalue weighted by molar-refractivity contribution is 7.80. The number of nitrogens with two attached hydrogens (primary N) is 1. The molecule has 2 N–H and O–H groups in total. The molecule has 1 aromatic rings. The fourth-order valence-corrected chi connectivity index (χ4v) is 2.30. The van der Waals surface area contributed by atoms with Gasteiger partial charge in [0.05, 0.1) is 11.5 Å². The van der Waals surface area contributed by atoms with Crippen molar-refractivity contribution in [2.45, 2.75) is 38.5 Å². The average molecular weight is 294 g/mol. The summed E-state index contributed by atoms with van der Waals surface area (Å²) in [5.74, 6) is -1.50. The van der Waals surface area contributed by atoms with E-state index in [2.05, 4.69) is 17.3 Å². The van der Waals surface area contributed by atoms with Gasteiger partial charge < -0.3 is 5.73 Å². The second kappa shape index (κ2) is 4.95. The molecular formula is C10H13F3N4OS. The van der Waals surface area contributed by atoms with Crippen LogP contribution in [-0.4, -0.2) is 25.5 Å². The number of aromatic nitrogens is 3. The topological polar surface area (TPSA) is 65.8 Å². The van der Waals surface area contributed by atoms with Crippen molar-refractivity contribution in [1.29, 1.82) is 0 Å². The van der Waals surface area contributed by atoms with E-state index in [1.807, 2.05) is 0 Å². The van der Waals surface area contributed by atoms with E-state index >= 15 is 0 Å². The van der Waals surface area contributed by atoms with Crippen LogP contribution in [0.5, 0.6) is 0 Å². The largest absolute Gasteiger partial charge is 0.399 e. The normalized spacial score (nSPS) is 17.0. The summed E-state index contributed by atoms with van der Waals surface area (Å²) in [5, 5.41) is 3.94. The third-order valence-electron chi connectivity index (χ3n) is 3.13. The first kappa shape index (κ1) is 14.0. The lowest BCUT2D eigenvalue weighted by Crippen LogP contribution is -2.40. The molecule has 0 aliphatic carbocycles. The van der Waals surface area contributed by atoms with E-state index < -0.39 is 29.3 Å². The van der Waals surface area contributed by atoms with E-state index in [0.717, 1.165) is 17.5 Å². The van der Waals surface area contributed by atoms with Gasteiger partial charge in [-0.25, -0.2) is 9.48 Å². The molecule has 0 aromatic carbocycles. The first-order chi connectivity index (χ1) is 8.80. The zero-order chi connectivity index (χ0) is 14.2. The van der Waals surface area contributed by atoms with Gasteiger partial charge in [0.2, 0.25) is 0 Å². The van der Waals surface area contributed by atoms with Crippen LogP contribution in [0.2, 0.25) is 0 Å². The predicted octanol–water partition coefficient (Wildman–Crippen LogP) is 0.846. The minimum atomic E-state index is -4.57.